The fraction of sp³-hybridized carbons (Fsp3) is 0.0556. The van der Waals surface area contributed by atoms with E-state index < -0.39 is 5.91 Å². The van der Waals surface area contributed by atoms with Gasteiger partial charge in [0, 0.05) is 30.2 Å². The molecule has 0 aliphatic heterocycles. The highest BCUT2D eigenvalue weighted by Crippen LogP contribution is 2.11. The van der Waals surface area contributed by atoms with Crippen molar-refractivity contribution in [2.24, 2.45) is 0 Å². The maximum absolute atomic E-state index is 13.5. The normalized spacial score (nSPS) is 10.3. The lowest BCUT2D eigenvalue weighted by Gasteiger charge is -2.07. The second kappa shape index (κ2) is 7.48. The Hall–Kier alpha value is -3.35. The Balaban J connectivity index is 1.60. The van der Waals surface area contributed by atoms with Crippen molar-refractivity contribution < 1.29 is 13.6 Å². The van der Waals surface area contributed by atoms with Crippen LogP contribution in [0.5, 0.6) is 0 Å². The number of hydrogen-bond acceptors (Lipinski definition) is 4. The van der Waals surface area contributed by atoms with Crippen LogP contribution in [-0.2, 0) is 6.54 Å². The van der Waals surface area contributed by atoms with Gasteiger partial charge in [-0.05, 0) is 30.3 Å². The van der Waals surface area contributed by atoms with Crippen molar-refractivity contribution >= 4 is 17.5 Å². The van der Waals surface area contributed by atoms with Crippen molar-refractivity contribution in [2.75, 3.05) is 10.6 Å². The van der Waals surface area contributed by atoms with E-state index in [0.29, 0.717) is 11.3 Å². The molecule has 3 rings (SSSR count). The predicted molar refractivity (Wildman–Crippen MR) is 90.1 cm³/mol. The number of nitrogens with one attached hydrogen (secondary N) is 2. The first-order chi connectivity index (χ1) is 12.1. The molecule has 1 aromatic heterocycles. The molecule has 1 heterocycles. The summed E-state index contributed by atoms with van der Waals surface area (Å²) >= 11 is 0. The summed E-state index contributed by atoms with van der Waals surface area (Å²) in [4.78, 5) is 20.1. The van der Waals surface area contributed by atoms with Gasteiger partial charge in [-0.2, -0.15) is 0 Å². The molecule has 0 spiro atoms. The molecule has 1 amide bonds. The van der Waals surface area contributed by atoms with Crippen molar-refractivity contribution in [2.45, 2.75) is 6.54 Å². The molecular weight excluding hydrogens is 326 g/mol. The zero-order valence-corrected chi connectivity index (χ0v) is 13.0. The van der Waals surface area contributed by atoms with E-state index in [1.54, 1.807) is 18.2 Å². The Morgan fingerprint density at radius 1 is 0.960 bits per heavy atom. The van der Waals surface area contributed by atoms with Gasteiger partial charge in [-0.3, -0.25) is 4.79 Å². The van der Waals surface area contributed by atoms with Gasteiger partial charge in [0.25, 0.3) is 5.91 Å². The molecule has 0 saturated carbocycles. The maximum atomic E-state index is 13.5. The fourth-order valence-corrected chi connectivity index (χ4v) is 2.09. The van der Waals surface area contributed by atoms with Crippen molar-refractivity contribution in [3.63, 3.8) is 0 Å². The first-order valence-electron chi connectivity index (χ1n) is 7.48. The summed E-state index contributed by atoms with van der Waals surface area (Å²) in [6.07, 6.45) is 2.71. The average molecular weight is 340 g/mol. The minimum absolute atomic E-state index is 0.230. The lowest BCUT2D eigenvalue weighted by Crippen LogP contribution is -2.13. The molecule has 2 N–H and O–H groups in total. The number of carbonyl (C=O) groups is 1. The van der Waals surface area contributed by atoms with Crippen LogP contribution in [0.3, 0.4) is 0 Å². The fourth-order valence-electron chi connectivity index (χ4n) is 2.09. The lowest BCUT2D eigenvalue weighted by atomic mass is 10.2. The molecule has 126 valence electrons. The van der Waals surface area contributed by atoms with E-state index in [1.165, 1.54) is 42.7 Å². The first-order valence-corrected chi connectivity index (χ1v) is 7.48. The van der Waals surface area contributed by atoms with Gasteiger partial charge < -0.3 is 10.6 Å². The Bertz CT molecular complexity index is 867. The van der Waals surface area contributed by atoms with Crippen LogP contribution in [0.1, 0.15) is 15.9 Å². The van der Waals surface area contributed by atoms with E-state index in [4.69, 9.17) is 0 Å². The standard InChI is InChI=1S/C18H14F2N4O/c19-14-5-7-15(8-6-14)24-17(25)13-10-22-18(23-11-13)21-9-12-3-1-2-4-16(12)20/h1-8,10-11H,9H2,(H,24,25)(H,21,22,23). The van der Waals surface area contributed by atoms with Crippen LogP contribution < -0.4 is 10.6 Å². The van der Waals surface area contributed by atoms with Gasteiger partial charge in [0.15, 0.2) is 0 Å². The first kappa shape index (κ1) is 16.5. The zero-order chi connectivity index (χ0) is 17.6. The lowest BCUT2D eigenvalue weighted by molar-refractivity contribution is 0.102. The van der Waals surface area contributed by atoms with Gasteiger partial charge >= 0.3 is 0 Å². The highest BCUT2D eigenvalue weighted by molar-refractivity contribution is 6.03. The SMILES string of the molecule is O=C(Nc1ccc(F)cc1)c1cnc(NCc2ccccc2F)nc1. The number of hydrogen-bond donors (Lipinski definition) is 2. The van der Waals surface area contributed by atoms with Crippen LogP contribution in [0.25, 0.3) is 0 Å². The number of rotatable bonds is 5. The summed E-state index contributed by atoms with van der Waals surface area (Å²) in [5.74, 6) is -0.828. The maximum Gasteiger partial charge on any atom is 0.258 e. The van der Waals surface area contributed by atoms with Gasteiger partial charge in [0.2, 0.25) is 5.95 Å². The van der Waals surface area contributed by atoms with E-state index in [-0.39, 0.29) is 29.7 Å². The monoisotopic (exact) mass is 340 g/mol. The molecule has 5 nitrogen and oxygen atoms in total. The Kier molecular flexibility index (Phi) is 4.94. The van der Waals surface area contributed by atoms with Crippen molar-refractivity contribution in [1.29, 1.82) is 0 Å². The molecule has 3 aromatic rings. The van der Waals surface area contributed by atoms with E-state index in [1.807, 2.05) is 0 Å². The van der Waals surface area contributed by atoms with Gasteiger partial charge in [0.1, 0.15) is 11.6 Å². The molecule has 7 heteroatoms. The number of amides is 1. The third kappa shape index (κ3) is 4.35. The van der Waals surface area contributed by atoms with Gasteiger partial charge in [0.05, 0.1) is 5.56 Å². The van der Waals surface area contributed by atoms with Crippen LogP contribution in [0, 0.1) is 11.6 Å². The number of benzene rings is 2. The molecule has 2 aromatic carbocycles. The smallest absolute Gasteiger partial charge is 0.258 e. The quantitative estimate of drug-likeness (QED) is 0.744. The third-order valence-corrected chi connectivity index (χ3v) is 3.41. The molecule has 0 radical (unpaired) electrons. The van der Waals surface area contributed by atoms with Crippen LogP contribution in [0.4, 0.5) is 20.4 Å². The Labute approximate surface area is 142 Å². The average Bonchev–Trinajstić information content (AvgIpc) is 2.63. The molecule has 0 aliphatic carbocycles. The third-order valence-electron chi connectivity index (χ3n) is 3.41. The highest BCUT2D eigenvalue weighted by atomic mass is 19.1. The van der Waals surface area contributed by atoms with E-state index in [0.717, 1.165) is 0 Å². The van der Waals surface area contributed by atoms with Crippen LogP contribution >= 0.6 is 0 Å². The molecule has 0 bridgehead atoms. The zero-order valence-electron chi connectivity index (χ0n) is 13.0. The summed E-state index contributed by atoms with van der Waals surface area (Å²) in [7, 11) is 0. The van der Waals surface area contributed by atoms with Gasteiger partial charge in [-0.25, -0.2) is 18.7 Å². The Morgan fingerprint density at radius 3 is 2.32 bits per heavy atom. The molecule has 0 saturated heterocycles. The molecule has 0 aliphatic rings. The summed E-state index contributed by atoms with van der Waals surface area (Å²) in [5, 5.41) is 5.50. The van der Waals surface area contributed by atoms with Crippen LogP contribution in [0.2, 0.25) is 0 Å². The second-order valence-corrected chi connectivity index (χ2v) is 5.20. The largest absolute Gasteiger partial charge is 0.350 e. The number of nitrogens with zero attached hydrogens (tertiary/aromatic N) is 2. The van der Waals surface area contributed by atoms with Crippen LogP contribution in [0.15, 0.2) is 60.9 Å². The summed E-state index contributed by atoms with van der Waals surface area (Å²) in [6.45, 7) is 0.230. The molecule has 0 fully saturated rings. The molecule has 0 unspecified atom stereocenters. The van der Waals surface area contributed by atoms with Crippen molar-refractivity contribution in [3.05, 3.63) is 83.7 Å². The minimum atomic E-state index is -0.410. The minimum Gasteiger partial charge on any atom is -0.350 e. The van der Waals surface area contributed by atoms with Crippen molar-refractivity contribution in [1.82, 2.24) is 9.97 Å². The van der Waals surface area contributed by atoms with Gasteiger partial charge in [-0.1, -0.05) is 18.2 Å². The van der Waals surface area contributed by atoms with E-state index >= 15 is 0 Å². The van der Waals surface area contributed by atoms with E-state index in [2.05, 4.69) is 20.6 Å². The number of aromatic nitrogens is 2. The van der Waals surface area contributed by atoms with Crippen molar-refractivity contribution in [3.8, 4) is 0 Å². The summed E-state index contributed by atoms with van der Waals surface area (Å²) in [5.41, 5.74) is 1.21. The summed E-state index contributed by atoms with van der Waals surface area (Å²) < 4.78 is 26.4. The second-order valence-electron chi connectivity index (χ2n) is 5.20. The Morgan fingerprint density at radius 2 is 1.64 bits per heavy atom. The van der Waals surface area contributed by atoms with E-state index in [9.17, 15) is 13.6 Å². The molecule has 0 atom stereocenters. The summed E-state index contributed by atoms with van der Waals surface area (Å²) in [6, 6.07) is 11.8. The highest BCUT2D eigenvalue weighted by Gasteiger charge is 2.08. The molecule has 25 heavy (non-hydrogen) atoms. The number of carbonyl (C=O) groups excluding carboxylic acids is 1. The topological polar surface area (TPSA) is 66.9 Å². The number of anilines is 2. The molecular formula is C18H14F2N4O. The predicted octanol–water partition coefficient (Wildman–Crippen LogP) is 3.62. The number of halogens is 2. The van der Waals surface area contributed by atoms with Gasteiger partial charge in [-0.15, -0.1) is 0 Å². The van der Waals surface area contributed by atoms with Crippen LogP contribution in [-0.4, -0.2) is 15.9 Å².